The summed E-state index contributed by atoms with van der Waals surface area (Å²) in [5, 5.41) is 1.39. The number of hydrazine groups is 1. The van der Waals surface area contributed by atoms with Gasteiger partial charge in [0.05, 0.1) is 5.02 Å². The molecule has 1 aliphatic rings. The Labute approximate surface area is 116 Å². The van der Waals surface area contributed by atoms with Crippen LogP contribution < -0.4 is 5.01 Å². The van der Waals surface area contributed by atoms with Crippen LogP contribution in [0.3, 0.4) is 0 Å². The molecule has 0 aliphatic carbocycles. The van der Waals surface area contributed by atoms with Crippen LogP contribution in [0.15, 0.2) is 24.3 Å². The van der Waals surface area contributed by atoms with E-state index in [1.165, 1.54) is 7.05 Å². The van der Waals surface area contributed by atoms with Gasteiger partial charge in [0.1, 0.15) is 5.69 Å². The van der Waals surface area contributed by atoms with Gasteiger partial charge in [-0.3, -0.25) is 14.6 Å². The average molecular weight is 306 g/mol. The van der Waals surface area contributed by atoms with E-state index in [0.717, 1.165) is 23.2 Å². The quantitative estimate of drug-likeness (QED) is 0.785. The molecule has 106 valence electrons. The minimum absolute atomic E-state index is 0.118. The number of amides is 2. The number of rotatable bonds is 2. The van der Waals surface area contributed by atoms with Gasteiger partial charge in [0.25, 0.3) is 11.8 Å². The molecule has 0 aromatic carbocycles. The van der Waals surface area contributed by atoms with Gasteiger partial charge in [-0.2, -0.15) is 18.2 Å². The molecule has 2 rings (SSSR count). The standard InChI is InChI=1S/C11H7ClF3N3O2/c1-17(18-8(19)4-5-9(18)20)10-6(12)2-3-7(16-10)11(13,14)15/h2-5H,1H3. The second-order valence-electron chi connectivity index (χ2n) is 3.84. The number of pyridine rings is 1. The maximum atomic E-state index is 12.6. The molecule has 0 fully saturated rings. The summed E-state index contributed by atoms with van der Waals surface area (Å²) in [5.74, 6) is -1.72. The van der Waals surface area contributed by atoms with Crippen LogP contribution in [0.25, 0.3) is 0 Å². The van der Waals surface area contributed by atoms with E-state index in [1.54, 1.807) is 0 Å². The SMILES string of the molecule is CN(c1nc(C(F)(F)F)ccc1Cl)N1C(=O)C=CC1=O. The Morgan fingerprint density at radius 2 is 1.75 bits per heavy atom. The number of hydrogen-bond donors (Lipinski definition) is 0. The molecule has 2 amide bonds. The molecule has 0 N–H and O–H groups in total. The van der Waals surface area contributed by atoms with E-state index < -0.39 is 23.7 Å². The molecule has 0 bridgehead atoms. The topological polar surface area (TPSA) is 53.5 Å². The van der Waals surface area contributed by atoms with Crippen molar-refractivity contribution in [1.29, 1.82) is 0 Å². The van der Waals surface area contributed by atoms with Gasteiger partial charge in [0.2, 0.25) is 0 Å². The third kappa shape index (κ3) is 2.46. The summed E-state index contributed by atoms with van der Waals surface area (Å²) in [6.07, 6.45) is -2.65. The number of aromatic nitrogens is 1. The first-order valence-electron chi connectivity index (χ1n) is 5.25. The number of carbonyl (C=O) groups is 2. The van der Waals surface area contributed by atoms with Crippen molar-refractivity contribution in [3.8, 4) is 0 Å². The zero-order valence-corrected chi connectivity index (χ0v) is 10.7. The summed E-state index contributed by atoms with van der Waals surface area (Å²) >= 11 is 5.77. The molecular weight excluding hydrogens is 299 g/mol. The summed E-state index contributed by atoms with van der Waals surface area (Å²) in [6, 6.07) is 1.72. The molecule has 0 saturated heterocycles. The third-order valence-electron chi connectivity index (χ3n) is 2.51. The van der Waals surface area contributed by atoms with Gasteiger partial charge in [-0.1, -0.05) is 11.6 Å². The normalized spacial score (nSPS) is 15.2. The second kappa shape index (κ2) is 4.78. The minimum atomic E-state index is -4.66. The average Bonchev–Trinajstić information content (AvgIpc) is 2.67. The van der Waals surface area contributed by atoms with E-state index in [1.807, 2.05) is 0 Å². The molecule has 0 atom stereocenters. The Balaban J connectivity index is 2.42. The van der Waals surface area contributed by atoms with Crippen LogP contribution in [0, 0.1) is 0 Å². The number of alkyl halides is 3. The molecule has 0 saturated carbocycles. The lowest BCUT2D eigenvalue weighted by molar-refractivity contribution is -0.141. The summed E-state index contributed by atoms with van der Waals surface area (Å²) in [5.41, 5.74) is -1.17. The van der Waals surface area contributed by atoms with E-state index in [9.17, 15) is 22.8 Å². The van der Waals surface area contributed by atoms with Crippen LogP contribution in [0.2, 0.25) is 5.02 Å². The van der Waals surface area contributed by atoms with Crippen molar-refractivity contribution in [2.45, 2.75) is 6.18 Å². The van der Waals surface area contributed by atoms with Gasteiger partial charge >= 0.3 is 6.18 Å². The molecule has 1 aliphatic heterocycles. The molecule has 0 radical (unpaired) electrons. The maximum absolute atomic E-state index is 12.6. The number of anilines is 1. The van der Waals surface area contributed by atoms with E-state index >= 15 is 0 Å². The van der Waals surface area contributed by atoms with Crippen molar-refractivity contribution in [3.05, 3.63) is 35.0 Å². The number of carbonyl (C=O) groups excluding carboxylic acids is 2. The van der Waals surface area contributed by atoms with Crippen LogP contribution in [0.5, 0.6) is 0 Å². The van der Waals surface area contributed by atoms with E-state index in [2.05, 4.69) is 4.98 Å². The largest absolute Gasteiger partial charge is 0.433 e. The predicted molar refractivity (Wildman–Crippen MR) is 63.6 cm³/mol. The fourth-order valence-electron chi connectivity index (χ4n) is 1.60. The number of nitrogens with zero attached hydrogens (tertiary/aromatic N) is 3. The monoisotopic (exact) mass is 305 g/mol. The number of halogens is 4. The molecule has 2 heterocycles. The van der Waals surface area contributed by atoms with Gasteiger partial charge in [0, 0.05) is 19.2 Å². The fraction of sp³-hybridized carbons (Fsp3) is 0.182. The molecule has 0 unspecified atom stereocenters. The van der Waals surface area contributed by atoms with Gasteiger partial charge in [-0.05, 0) is 12.1 Å². The lowest BCUT2D eigenvalue weighted by atomic mass is 10.3. The van der Waals surface area contributed by atoms with Gasteiger partial charge in [0.15, 0.2) is 5.82 Å². The summed E-state index contributed by atoms with van der Waals surface area (Å²) in [4.78, 5) is 26.3. The van der Waals surface area contributed by atoms with Gasteiger partial charge < -0.3 is 0 Å². The molecule has 5 nitrogen and oxygen atoms in total. The van der Waals surface area contributed by atoms with Crippen LogP contribution in [0.4, 0.5) is 19.0 Å². The van der Waals surface area contributed by atoms with E-state index in [0.29, 0.717) is 11.1 Å². The van der Waals surface area contributed by atoms with Crippen molar-refractivity contribution in [3.63, 3.8) is 0 Å². The fourth-order valence-corrected chi connectivity index (χ4v) is 1.83. The van der Waals surface area contributed by atoms with Crippen LogP contribution in [-0.2, 0) is 15.8 Å². The Morgan fingerprint density at radius 3 is 2.25 bits per heavy atom. The highest BCUT2D eigenvalue weighted by Gasteiger charge is 2.35. The predicted octanol–water partition coefficient (Wildman–Crippen LogP) is 2.03. The van der Waals surface area contributed by atoms with Crippen molar-refractivity contribution in [2.24, 2.45) is 0 Å². The number of hydrogen-bond acceptors (Lipinski definition) is 4. The van der Waals surface area contributed by atoms with E-state index in [-0.39, 0.29) is 10.8 Å². The lowest BCUT2D eigenvalue weighted by Crippen LogP contribution is -2.44. The lowest BCUT2D eigenvalue weighted by Gasteiger charge is -2.27. The van der Waals surface area contributed by atoms with Crippen molar-refractivity contribution < 1.29 is 22.8 Å². The van der Waals surface area contributed by atoms with Crippen LogP contribution in [-0.4, -0.2) is 28.9 Å². The van der Waals surface area contributed by atoms with E-state index in [4.69, 9.17) is 11.6 Å². The number of imide groups is 1. The van der Waals surface area contributed by atoms with Crippen LogP contribution >= 0.6 is 11.6 Å². The Morgan fingerprint density at radius 1 is 1.20 bits per heavy atom. The zero-order chi connectivity index (χ0) is 15.1. The van der Waals surface area contributed by atoms with Crippen LogP contribution in [0.1, 0.15) is 5.69 Å². The second-order valence-corrected chi connectivity index (χ2v) is 4.25. The first-order valence-corrected chi connectivity index (χ1v) is 5.63. The molecule has 20 heavy (non-hydrogen) atoms. The van der Waals surface area contributed by atoms with Gasteiger partial charge in [-0.15, -0.1) is 0 Å². The minimum Gasteiger partial charge on any atom is -0.267 e. The first kappa shape index (κ1) is 14.3. The maximum Gasteiger partial charge on any atom is 0.433 e. The van der Waals surface area contributed by atoms with Crippen molar-refractivity contribution >= 4 is 29.2 Å². The zero-order valence-electron chi connectivity index (χ0n) is 9.98. The molecule has 0 spiro atoms. The first-order chi connectivity index (χ1) is 9.21. The summed E-state index contributed by atoms with van der Waals surface area (Å²) in [7, 11) is 1.22. The highest BCUT2D eigenvalue weighted by Crippen LogP contribution is 2.32. The molecule has 1 aromatic rings. The van der Waals surface area contributed by atoms with Crippen molar-refractivity contribution in [1.82, 2.24) is 9.99 Å². The third-order valence-corrected chi connectivity index (χ3v) is 2.81. The Bertz CT molecular complexity index is 597. The molecular formula is C11H7ClF3N3O2. The summed E-state index contributed by atoms with van der Waals surface area (Å²) in [6.45, 7) is 0. The van der Waals surface area contributed by atoms with Gasteiger partial charge in [-0.25, -0.2) is 4.98 Å². The highest BCUT2D eigenvalue weighted by molar-refractivity contribution is 6.33. The van der Waals surface area contributed by atoms with Crippen molar-refractivity contribution in [2.75, 3.05) is 12.1 Å². The Hall–Kier alpha value is -2.09. The smallest absolute Gasteiger partial charge is 0.267 e. The molecule has 9 heteroatoms. The Kier molecular flexibility index (Phi) is 3.43. The molecule has 1 aromatic heterocycles. The highest BCUT2D eigenvalue weighted by atomic mass is 35.5. The summed E-state index contributed by atoms with van der Waals surface area (Å²) < 4.78 is 37.8.